The van der Waals surface area contributed by atoms with Crippen LogP contribution in [-0.4, -0.2) is 27.1 Å². The Bertz CT molecular complexity index is 310. The third-order valence-electron chi connectivity index (χ3n) is 1.36. The summed E-state index contributed by atoms with van der Waals surface area (Å²) < 4.78 is 0. The molecule has 1 aromatic heterocycles. The Hall–Kier alpha value is -1.98. The maximum absolute atomic E-state index is 10.4. The molecule has 64 valence electrons. The number of aromatic carboxylic acids is 2. The van der Waals surface area contributed by atoms with Gasteiger partial charge in [0.15, 0.2) is 0 Å². The molecule has 0 atom stereocenters. The van der Waals surface area contributed by atoms with E-state index < -0.39 is 11.9 Å². The van der Waals surface area contributed by atoms with E-state index in [9.17, 15) is 9.59 Å². The summed E-state index contributed by atoms with van der Waals surface area (Å²) in [6.07, 6.45) is 1.04. The number of hydrogen-bond donors (Lipinski definition) is 4. The Labute approximate surface area is 66.6 Å². The first-order chi connectivity index (χ1) is 5.54. The van der Waals surface area contributed by atoms with Crippen LogP contribution in [0.15, 0.2) is 6.20 Å². The Morgan fingerprint density at radius 3 is 2.17 bits per heavy atom. The minimum Gasteiger partial charge on any atom is -0.478 e. The standard InChI is InChI=1S/C6H6N2O4/c7-3-2(5(9)10)1-8-4(3)6(11)12/h1,8H,7H2,(H,9,10)(H,11,12). The predicted molar refractivity (Wildman–Crippen MR) is 39.1 cm³/mol. The normalized spacial score (nSPS) is 9.67. The van der Waals surface area contributed by atoms with Gasteiger partial charge >= 0.3 is 11.9 Å². The fraction of sp³-hybridized carbons (Fsp3) is 0. The molecular weight excluding hydrogens is 164 g/mol. The summed E-state index contributed by atoms with van der Waals surface area (Å²) in [6, 6.07) is 0. The molecule has 0 bridgehead atoms. The van der Waals surface area contributed by atoms with Gasteiger partial charge in [-0.05, 0) is 0 Å². The summed E-state index contributed by atoms with van der Waals surface area (Å²) >= 11 is 0. The van der Waals surface area contributed by atoms with Gasteiger partial charge in [0.05, 0.1) is 5.69 Å². The molecule has 6 nitrogen and oxygen atoms in total. The van der Waals surface area contributed by atoms with E-state index in [-0.39, 0.29) is 16.9 Å². The Kier molecular flexibility index (Phi) is 1.74. The molecule has 6 heteroatoms. The van der Waals surface area contributed by atoms with E-state index >= 15 is 0 Å². The van der Waals surface area contributed by atoms with Gasteiger partial charge in [-0.15, -0.1) is 0 Å². The van der Waals surface area contributed by atoms with Gasteiger partial charge in [-0.1, -0.05) is 0 Å². The van der Waals surface area contributed by atoms with Crippen molar-refractivity contribution in [3.63, 3.8) is 0 Å². The number of carboxylic acid groups (broad SMARTS) is 2. The average molecular weight is 170 g/mol. The maximum atomic E-state index is 10.4. The number of aromatic nitrogens is 1. The van der Waals surface area contributed by atoms with Crippen molar-refractivity contribution in [2.24, 2.45) is 0 Å². The van der Waals surface area contributed by atoms with Crippen LogP contribution in [0, 0.1) is 0 Å². The van der Waals surface area contributed by atoms with E-state index in [4.69, 9.17) is 15.9 Å². The van der Waals surface area contributed by atoms with Crippen molar-refractivity contribution in [3.05, 3.63) is 17.5 Å². The minimum atomic E-state index is -1.28. The number of carboxylic acids is 2. The highest BCUT2D eigenvalue weighted by Crippen LogP contribution is 2.16. The van der Waals surface area contributed by atoms with Crippen molar-refractivity contribution in [2.45, 2.75) is 0 Å². The number of rotatable bonds is 2. The molecule has 1 aromatic rings. The van der Waals surface area contributed by atoms with E-state index in [2.05, 4.69) is 4.98 Å². The van der Waals surface area contributed by atoms with Gasteiger partial charge in [-0.25, -0.2) is 9.59 Å². The second-order valence-corrected chi connectivity index (χ2v) is 2.10. The van der Waals surface area contributed by atoms with Crippen LogP contribution in [0.2, 0.25) is 0 Å². The van der Waals surface area contributed by atoms with Gasteiger partial charge in [0, 0.05) is 6.20 Å². The van der Waals surface area contributed by atoms with Gasteiger partial charge in [-0.2, -0.15) is 0 Å². The quantitative estimate of drug-likeness (QED) is 0.498. The van der Waals surface area contributed by atoms with E-state index in [0.717, 1.165) is 6.20 Å². The zero-order chi connectivity index (χ0) is 9.30. The van der Waals surface area contributed by atoms with Crippen LogP contribution in [0.25, 0.3) is 0 Å². The van der Waals surface area contributed by atoms with E-state index in [0.29, 0.717) is 0 Å². The van der Waals surface area contributed by atoms with Gasteiger partial charge in [0.25, 0.3) is 0 Å². The molecule has 0 aromatic carbocycles. The number of hydrogen-bond acceptors (Lipinski definition) is 3. The number of nitrogens with one attached hydrogen (secondary N) is 1. The van der Waals surface area contributed by atoms with Crippen molar-refractivity contribution in [1.82, 2.24) is 4.98 Å². The van der Waals surface area contributed by atoms with Crippen molar-refractivity contribution in [2.75, 3.05) is 5.73 Å². The lowest BCUT2D eigenvalue weighted by atomic mass is 10.2. The molecule has 0 aliphatic carbocycles. The first-order valence-corrected chi connectivity index (χ1v) is 2.97. The summed E-state index contributed by atoms with van der Waals surface area (Å²) in [7, 11) is 0. The monoisotopic (exact) mass is 170 g/mol. The summed E-state index contributed by atoms with van der Waals surface area (Å²) in [5.74, 6) is -2.53. The van der Waals surface area contributed by atoms with Crippen LogP contribution in [0.3, 0.4) is 0 Å². The molecule has 0 amide bonds. The fourth-order valence-corrected chi connectivity index (χ4v) is 0.788. The molecule has 0 unspecified atom stereocenters. The molecule has 5 N–H and O–H groups in total. The van der Waals surface area contributed by atoms with Gasteiger partial charge in [0.1, 0.15) is 11.3 Å². The zero-order valence-corrected chi connectivity index (χ0v) is 5.87. The molecule has 1 heterocycles. The molecule has 0 radical (unpaired) electrons. The van der Waals surface area contributed by atoms with Crippen LogP contribution in [0.5, 0.6) is 0 Å². The van der Waals surface area contributed by atoms with Crippen LogP contribution < -0.4 is 5.73 Å². The van der Waals surface area contributed by atoms with Gasteiger partial charge in [-0.3, -0.25) is 0 Å². The highest BCUT2D eigenvalue weighted by atomic mass is 16.4. The predicted octanol–water partition coefficient (Wildman–Crippen LogP) is -0.00670. The third-order valence-corrected chi connectivity index (χ3v) is 1.36. The van der Waals surface area contributed by atoms with Crippen molar-refractivity contribution >= 4 is 17.6 Å². The van der Waals surface area contributed by atoms with Crippen molar-refractivity contribution < 1.29 is 19.8 Å². The van der Waals surface area contributed by atoms with Crippen LogP contribution in [-0.2, 0) is 0 Å². The minimum absolute atomic E-state index is 0.229. The second kappa shape index (κ2) is 2.57. The summed E-state index contributed by atoms with van der Waals surface area (Å²) in [6.45, 7) is 0. The molecule has 0 spiro atoms. The van der Waals surface area contributed by atoms with Gasteiger partial charge < -0.3 is 20.9 Å². The highest BCUT2D eigenvalue weighted by Gasteiger charge is 2.17. The van der Waals surface area contributed by atoms with Crippen LogP contribution >= 0.6 is 0 Å². The number of nitrogen functional groups attached to an aromatic ring is 1. The number of nitrogens with two attached hydrogens (primary N) is 1. The summed E-state index contributed by atoms with van der Waals surface area (Å²) in [5, 5.41) is 16.9. The van der Waals surface area contributed by atoms with Crippen LogP contribution in [0.1, 0.15) is 20.8 Å². The molecule has 0 saturated heterocycles. The number of carbonyl (C=O) groups is 2. The topological polar surface area (TPSA) is 116 Å². The lowest BCUT2D eigenvalue weighted by Crippen LogP contribution is -2.04. The highest BCUT2D eigenvalue weighted by molar-refractivity contribution is 6.01. The third kappa shape index (κ3) is 1.09. The first-order valence-electron chi connectivity index (χ1n) is 2.97. The summed E-state index contributed by atoms with van der Waals surface area (Å²) in [4.78, 5) is 23.0. The molecule has 12 heavy (non-hydrogen) atoms. The smallest absolute Gasteiger partial charge is 0.354 e. The number of aromatic amines is 1. The maximum Gasteiger partial charge on any atom is 0.354 e. The van der Waals surface area contributed by atoms with Crippen LogP contribution in [0.4, 0.5) is 5.69 Å². The van der Waals surface area contributed by atoms with Crippen molar-refractivity contribution in [1.29, 1.82) is 0 Å². The number of H-pyrrole nitrogens is 1. The lowest BCUT2D eigenvalue weighted by molar-refractivity contribution is 0.0688. The first kappa shape index (κ1) is 8.12. The molecule has 0 saturated carbocycles. The Balaban J connectivity index is 3.22. The zero-order valence-electron chi connectivity index (χ0n) is 5.87. The van der Waals surface area contributed by atoms with E-state index in [1.165, 1.54) is 0 Å². The molecule has 0 aliphatic heterocycles. The molecular formula is C6H6N2O4. The Morgan fingerprint density at radius 1 is 1.33 bits per heavy atom. The van der Waals surface area contributed by atoms with Gasteiger partial charge in [0.2, 0.25) is 0 Å². The molecule has 0 fully saturated rings. The SMILES string of the molecule is Nc1c(C(=O)O)c[nH]c1C(=O)O. The largest absolute Gasteiger partial charge is 0.478 e. The molecule has 0 aliphatic rings. The van der Waals surface area contributed by atoms with Crippen molar-refractivity contribution in [3.8, 4) is 0 Å². The number of anilines is 1. The van der Waals surface area contributed by atoms with E-state index in [1.807, 2.05) is 0 Å². The average Bonchev–Trinajstić information content (AvgIpc) is 2.30. The second-order valence-electron chi connectivity index (χ2n) is 2.10. The lowest BCUT2D eigenvalue weighted by Gasteiger charge is -1.92. The fourth-order valence-electron chi connectivity index (χ4n) is 0.788. The Morgan fingerprint density at radius 2 is 1.92 bits per heavy atom. The molecule has 1 rings (SSSR count). The summed E-state index contributed by atoms with van der Waals surface area (Å²) in [5.41, 5.74) is 4.43. The van der Waals surface area contributed by atoms with E-state index in [1.54, 1.807) is 0 Å².